The Bertz CT molecular complexity index is 958. The molecule has 7 nitrogen and oxygen atoms in total. The summed E-state index contributed by atoms with van der Waals surface area (Å²) in [4.78, 5) is 0. The van der Waals surface area contributed by atoms with Crippen molar-refractivity contribution in [1.82, 2.24) is 25.9 Å². The number of nitrogens with zero attached hydrogens (tertiary/aromatic N) is 3. The van der Waals surface area contributed by atoms with Crippen molar-refractivity contribution in [3.63, 3.8) is 0 Å². The van der Waals surface area contributed by atoms with Crippen LogP contribution in [0.5, 0.6) is 11.5 Å². The van der Waals surface area contributed by atoms with Crippen LogP contribution < -0.4 is 14.8 Å². The van der Waals surface area contributed by atoms with Gasteiger partial charge in [0.05, 0.1) is 0 Å². The predicted octanol–water partition coefficient (Wildman–Crippen LogP) is 3.62. The van der Waals surface area contributed by atoms with Crippen LogP contribution in [0.25, 0.3) is 11.4 Å². The van der Waals surface area contributed by atoms with Crippen molar-refractivity contribution in [1.29, 1.82) is 0 Å². The van der Waals surface area contributed by atoms with Crippen LogP contribution in [0.2, 0.25) is 0 Å². The van der Waals surface area contributed by atoms with E-state index in [1.807, 2.05) is 12.1 Å². The molecule has 3 aromatic rings. The van der Waals surface area contributed by atoms with Crippen molar-refractivity contribution in [3.8, 4) is 22.9 Å². The number of hydrogen-bond donors (Lipinski definition) is 2. The predicted molar refractivity (Wildman–Crippen MR) is 109 cm³/mol. The molecule has 0 amide bonds. The highest BCUT2D eigenvalue weighted by Gasteiger charge is 2.28. The van der Waals surface area contributed by atoms with E-state index in [0.29, 0.717) is 31.0 Å². The minimum absolute atomic E-state index is 0.219. The van der Waals surface area contributed by atoms with Crippen LogP contribution >= 0.6 is 0 Å². The fourth-order valence-electron chi connectivity index (χ4n) is 4.50. The summed E-state index contributed by atoms with van der Waals surface area (Å²) in [6.45, 7) is 3.44. The smallest absolute Gasteiger partial charge is 0.204 e. The van der Waals surface area contributed by atoms with Gasteiger partial charge in [0.25, 0.3) is 0 Å². The van der Waals surface area contributed by atoms with Crippen molar-refractivity contribution < 1.29 is 9.47 Å². The highest BCUT2D eigenvalue weighted by Crippen LogP contribution is 2.39. The maximum absolute atomic E-state index is 5.89. The van der Waals surface area contributed by atoms with Gasteiger partial charge in [-0.25, -0.2) is 0 Å². The molecule has 1 saturated carbocycles. The number of fused-ring (bicyclic) bond motifs is 1. The molecule has 0 bridgehead atoms. The molecule has 2 heterocycles. The number of nitrogens with one attached hydrogen (secondary N) is 2. The van der Waals surface area contributed by atoms with Crippen LogP contribution in [0.1, 0.15) is 49.3 Å². The van der Waals surface area contributed by atoms with E-state index in [9.17, 15) is 0 Å². The zero-order chi connectivity index (χ0) is 19.6. The number of H-pyrrole nitrogens is 1. The van der Waals surface area contributed by atoms with Crippen LogP contribution in [0, 0.1) is 0 Å². The summed E-state index contributed by atoms with van der Waals surface area (Å²) in [6.07, 6.45) is 3.50. The number of tetrazole rings is 1. The molecule has 1 aromatic heterocycles. The van der Waals surface area contributed by atoms with Gasteiger partial charge in [0, 0.05) is 23.2 Å². The van der Waals surface area contributed by atoms with Crippen molar-refractivity contribution >= 4 is 0 Å². The van der Waals surface area contributed by atoms with Gasteiger partial charge in [0.1, 0.15) is 13.2 Å². The molecule has 2 aliphatic rings. The van der Waals surface area contributed by atoms with Crippen LogP contribution in [-0.2, 0) is 0 Å². The van der Waals surface area contributed by atoms with Crippen LogP contribution in [0.15, 0.2) is 42.5 Å². The summed E-state index contributed by atoms with van der Waals surface area (Å²) in [7, 11) is 0. The molecule has 150 valence electrons. The van der Waals surface area contributed by atoms with Gasteiger partial charge in [-0.3, -0.25) is 0 Å². The third kappa shape index (κ3) is 3.70. The fraction of sp³-hybridized carbons (Fsp3) is 0.409. The largest absolute Gasteiger partial charge is 0.486 e. The van der Waals surface area contributed by atoms with E-state index in [4.69, 9.17) is 9.47 Å². The fourth-order valence-corrected chi connectivity index (χ4v) is 4.50. The Kier molecular flexibility index (Phi) is 4.89. The van der Waals surface area contributed by atoms with Gasteiger partial charge in [-0.15, -0.1) is 10.2 Å². The number of rotatable bonds is 5. The highest BCUT2D eigenvalue weighted by atomic mass is 16.6. The van der Waals surface area contributed by atoms with E-state index >= 15 is 0 Å². The quantitative estimate of drug-likeness (QED) is 0.691. The molecule has 1 aliphatic carbocycles. The summed E-state index contributed by atoms with van der Waals surface area (Å²) >= 11 is 0. The van der Waals surface area contributed by atoms with Gasteiger partial charge in [-0.1, -0.05) is 36.4 Å². The molecule has 7 heteroatoms. The molecule has 3 atom stereocenters. The lowest BCUT2D eigenvalue weighted by Gasteiger charge is -2.26. The van der Waals surface area contributed by atoms with E-state index < -0.39 is 0 Å². The van der Waals surface area contributed by atoms with Gasteiger partial charge in [0.15, 0.2) is 11.5 Å². The zero-order valence-corrected chi connectivity index (χ0v) is 16.5. The Balaban J connectivity index is 1.23. The molecular weight excluding hydrogens is 366 g/mol. The van der Waals surface area contributed by atoms with Crippen molar-refractivity contribution in [2.75, 3.05) is 13.2 Å². The van der Waals surface area contributed by atoms with Crippen molar-refractivity contribution in [2.45, 2.75) is 44.2 Å². The number of hydrogen-bond acceptors (Lipinski definition) is 6. The first-order chi connectivity index (χ1) is 14.3. The van der Waals surface area contributed by atoms with Gasteiger partial charge in [-0.2, -0.15) is 5.21 Å². The first-order valence-corrected chi connectivity index (χ1v) is 10.3. The van der Waals surface area contributed by atoms with Gasteiger partial charge < -0.3 is 14.8 Å². The van der Waals surface area contributed by atoms with Crippen molar-refractivity contribution in [3.05, 3.63) is 53.6 Å². The molecule has 2 aromatic carbocycles. The number of ether oxygens (including phenoxy) is 2. The lowest BCUT2D eigenvalue weighted by Crippen LogP contribution is -2.30. The zero-order valence-electron chi connectivity index (χ0n) is 16.5. The second kappa shape index (κ2) is 7.83. The molecule has 0 spiro atoms. The lowest BCUT2D eigenvalue weighted by molar-refractivity contribution is 0.168. The second-order valence-corrected chi connectivity index (χ2v) is 7.82. The van der Waals surface area contributed by atoms with E-state index in [1.54, 1.807) is 0 Å². The number of aromatic nitrogens is 4. The van der Waals surface area contributed by atoms with Crippen molar-refractivity contribution in [2.24, 2.45) is 0 Å². The summed E-state index contributed by atoms with van der Waals surface area (Å²) in [5.41, 5.74) is 3.54. The maximum Gasteiger partial charge on any atom is 0.204 e. The molecular formula is C22H25N5O2. The summed E-state index contributed by atoms with van der Waals surface area (Å²) in [6, 6.07) is 15.4. The molecule has 1 aliphatic heterocycles. The summed E-state index contributed by atoms with van der Waals surface area (Å²) in [5.74, 6) is 2.95. The van der Waals surface area contributed by atoms with Gasteiger partial charge >= 0.3 is 0 Å². The second-order valence-electron chi connectivity index (χ2n) is 7.82. The topological polar surface area (TPSA) is 85.0 Å². The molecule has 5 rings (SSSR count). The lowest BCUT2D eigenvalue weighted by atomic mass is 9.96. The van der Waals surface area contributed by atoms with Gasteiger partial charge in [-0.05, 0) is 48.9 Å². The Labute approximate surface area is 169 Å². The van der Waals surface area contributed by atoms with Crippen LogP contribution in [0.4, 0.5) is 0 Å². The molecule has 2 N–H and O–H groups in total. The molecule has 1 fully saturated rings. The number of para-hydroxylation sites is 1. The first-order valence-electron chi connectivity index (χ1n) is 10.3. The monoisotopic (exact) mass is 391 g/mol. The molecule has 0 saturated heterocycles. The molecule has 0 radical (unpaired) electrons. The molecule has 29 heavy (non-hydrogen) atoms. The van der Waals surface area contributed by atoms with Crippen LogP contribution in [0.3, 0.4) is 0 Å². The Morgan fingerprint density at radius 1 is 1.07 bits per heavy atom. The Morgan fingerprint density at radius 3 is 2.76 bits per heavy atom. The Morgan fingerprint density at radius 2 is 1.93 bits per heavy atom. The SMILES string of the molecule is C[C@@H](N[C@H]1CCC(c2ccc(-c3nn[nH]n3)cc2)C1)c1cccc2c1OCCO2. The van der Waals surface area contributed by atoms with E-state index in [-0.39, 0.29) is 6.04 Å². The average Bonchev–Trinajstić information content (AvgIpc) is 3.46. The number of aromatic amines is 1. The summed E-state index contributed by atoms with van der Waals surface area (Å²) < 4.78 is 11.6. The average molecular weight is 391 g/mol. The van der Waals surface area contributed by atoms with E-state index in [0.717, 1.165) is 23.5 Å². The third-order valence-corrected chi connectivity index (χ3v) is 5.97. The van der Waals surface area contributed by atoms with E-state index in [2.05, 4.69) is 63.2 Å². The summed E-state index contributed by atoms with van der Waals surface area (Å²) in [5, 5.41) is 18.0. The third-order valence-electron chi connectivity index (χ3n) is 5.97. The highest BCUT2D eigenvalue weighted by molar-refractivity contribution is 5.54. The minimum Gasteiger partial charge on any atom is -0.486 e. The van der Waals surface area contributed by atoms with Crippen LogP contribution in [-0.4, -0.2) is 39.9 Å². The van der Waals surface area contributed by atoms with E-state index in [1.165, 1.54) is 24.0 Å². The van der Waals surface area contributed by atoms with Gasteiger partial charge in [0.2, 0.25) is 5.82 Å². The minimum atomic E-state index is 0.219. The standard InChI is InChI=1S/C22H25N5O2/c1-14(19-3-2-4-20-21(19)29-12-11-28-20)23-18-10-9-17(13-18)15-5-7-16(8-6-15)22-24-26-27-25-22/h2-8,14,17-18,23H,9-13H2,1H3,(H,24,25,26,27)/t14-,17?,18+/m1/s1. The normalized spacial score (nSPS) is 21.8. The Hall–Kier alpha value is -2.93. The maximum atomic E-state index is 5.89. The first kappa shape index (κ1) is 18.1. The number of benzene rings is 2. The molecule has 1 unspecified atom stereocenters.